The van der Waals surface area contributed by atoms with Gasteiger partial charge in [-0.2, -0.15) is 0 Å². The Labute approximate surface area is 184 Å². The van der Waals surface area contributed by atoms with Crippen LogP contribution < -0.4 is 9.64 Å². The molecule has 160 valence electrons. The van der Waals surface area contributed by atoms with Crippen LogP contribution in [0, 0.1) is 5.82 Å². The van der Waals surface area contributed by atoms with Crippen molar-refractivity contribution in [1.29, 1.82) is 0 Å². The molecule has 3 aromatic carbocycles. The third kappa shape index (κ3) is 4.48. The van der Waals surface area contributed by atoms with Crippen molar-refractivity contribution in [3.8, 4) is 11.5 Å². The Balaban J connectivity index is 1.55. The van der Waals surface area contributed by atoms with Crippen molar-refractivity contribution in [2.75, 3.05) is 11.4 Å². The van der Waals surface area contributed by atoms with Crippen LogP contribution in [0.1, 0.15) is 51.2 Å². The number of ether oxygens (including phenoxy) is 1. The zero-order valence-corrected chi connectivity index (χ0v) is 18.6. The van der Waals surface area contributed by atoms with Gasteiger partial charge in [0.25, 0.3) is 0 Å². The number of benzene rings is 3. The minimum atomic E-state index is -0.241. The number of halogens is 1. The largest absolute Gasteiger partial charge is 0.457 e. The number of rotatable bonds is 5. The summed E-state index contributed by atoms with van der Waals surface area (Å²) in [6, 6.07) is 20.7. The molecule has 1 unspecified atom stereocenters. The van der Waals surface area contributed by atoms with Crippen molar-refractivity contribution in [2.24, 2.45) is 4.99 Å². The van der Waals surface area contributed by atoms with Crippen LogP contribution in [0.25, 0.3) is 0 Å². The summed E-state index contributed by atoms with van der Waals surface area (Å²) in [5.41, 5.74) is 3.49. The van der Waals surface area contributed by atoms with Crippen molar-refractivity contribution in [2.45, 2.75) is 45.6 Å². The molecule has 1 heterocycles. The van der Waals surface area contributed by atoms with E-state index < -0.39 is 0 Å². The summed E-state index contributed by atoms with van der Waals surface area (Å²) in [6.45, 7) is 9.66. The quantitative estimate of drug-likeness (QED) is 0.403. The van der Waals surface area contributed by atoms with Gasteiger partial charge in [-0.05, 0) is 87.2 Å². The fourth-order valence-corrected chi connectivity index (χ4v) is 4.59. The maximum absolute atomic E-state index is 14.9. The molecule has 4 heteroatoms. The van der Waals surface area contributed by atoms with Crippen LogP contribution >= 0.6 is 0 Å². The number of nitrogens with zero attached hydrogens (tertiary/aromatic N) is 2. The third-order valence-electron chi connectivity index (χ3n) is 5.99. The van der Waals surface area contributed by atoms with E-state index in [4.69, 9.17) is 4.74 Å². The lowest BCUT2D eigenvalue weighted by atomic mass is 9.79. The Kier molecular flexibility index (Phi) is 5.81. The molecule has 3 aromatic rings. The highest BCUT2D eigenvalue weighted by atomic mass is 19.1. The first-order chi connectivity index (χ1) is 14.9. The summed E-state index contributed by atoms with van der Waals surface area (Å²) in [5.74, 6) is 1.65. The average Bonchev–Trinajstić information content (AvgIpc) is 2.74. The van der Waals surface area contributed by atoms with Gasteiger partial charge in [0.2, 0.25) is 0 Å². The van der Waals surface area contributed by atoms with Gasteiger partial charge in [-0.1, -0.05) is 25.1 Å². The summed E-state index contributed by atoms with van der Waals surface area (Å²) in [5, 5.41) is 0. The van der Waals surface area contributed by atoms with Crippen molar-refractivity contribution < 1.29 is 9.13 Å². The first kappa shape index (κ1) is 21.1. The SMILES string of the molecule is CCN1c2cc(F)c(C=Nc3ccc(Oc4ccccc4)cc3)cc2C(C)CC1(C)C. The summed E-state index contributed by atoms with van der Waals surface area (Å²) in [4.78, 5) is 6.80. The number of hydrogen-bond acceptors (Lipinski definition) is 3. The van der Waals surface area contributed by atoms with Crippen LogP contribution in [0.2, 0.25) is 0 Å². The van der Waals surface area contributed by atoms with E-state index in [0.717, 1.165) is 35.8 Å². The predicted molar refractivity (Wildman–Crippen MR) is 127 cm³/mol. The molecule has 0 radical (unpaired) electrons. The van der Waals surface area contributed by atoms with Gasteiger partial charge in [0.15, 0.2) is 0 Å². The summed E-state index contributed by atoms with van der Waals surface area (Å²) in [6.07, 6.45) is 2.66. The maximum Gasteiger partial charge on any atom is 0.134 e. The highest BCUT2D eigenvalue weighted by Crippen LogP contribution is 2.43. The molecule has 1 aliphatic rings. The maximum atomic E-state index is 14.9. The minimum absolute atomic E-state index is 0.0206. The molecule has 0 N–H and O–H groups in total. The topological polar surface area (TPSA) is 24.8 Å². The molecule has 0 aliphatic carbocycles. The van der Waals surface area contributed by atoms with Crippen LogP contribution in [0.3, 0.4) is 0 Å². The first-order valence-corrected chi connectivity index (χ1v) is 10.9. The molecule has 31 heavy (non-hydrogen) atoms. The Hall–Kier alpha value is -3.14. The number of aliphatic imine (C=N–C) groups is 1. The number of para-hydroxylation sites is 1. The van der Waals surface area contributed by atoms with Gasteiger partial charge in [0.05, 0.1) is 5.69 Å². The van der Waals surface area contributed by atoms with Gasteiger partial charge in [-0.15, -0.1) is 0 Å². The van der Waals surface area contributed by atoms with Crippen molar-refractivity contribution in [1.82, 2.24) is 0 Å². The normalized spacial score (nSPS) is 17.6. The van der Waals surface area contributed by atoms with E-state index in [9.17, 15) is 4.39 Å². The van der Waals surface area contributed by atoms with E-state index >= 15 is 0 Å². The number of fused-ring (bicyclic) bond motifs is 1. The molecule has 0 aromatic heterocycles. The molecule has 0 spiro atoms. The van der Waals surface area contributed by atoms with E-state index in [-0.39, 0.29) is 11.4 Å². The van der Waals surface area contributed by atoms with Crippen LogP contribution in [-0.4, -0.2) is 18.3 Å². The van der Waals surface area contributed by atoms with Crippen molar-refractivity contribution in [3.63, 3.8) is 0 Å². The molecular weight excluding hydrogens is 387 g/mol. The number of anilines is 1. The van der Waals surface area contributed by atoms with Gasteiger partial charge in [0, 0.05) is 29.5 Å². The van der Waals surface area contributed by atoms with E-state index in [1.807, 2.05) is 60.7 Å². The monoisotopic (exact) mass is 416 g/mol. The van der Waals surface area contributed by atoms with Gasteiger partial charge >= 0.3 is 0 Å². The van der Waals surface area contributed by atoms with Crippen molar-refractivity contribution >= 4 is 17.6 Å². The minimum Gasteiger partial charge on any atom is -0.457 e. The number of hydrogen-bond donors (Lipinski definition) is 0. The molecule has 4 rings (SSSR count). The molecule has 1 atom stereocenters. The lowest BCUT2D eigenvalue weighted by Crippen LogP contribution is -2.48. The van der Waals surface area contributed by atoms with Crippen LogP contribution in [0.4, 0.5) is 15.8 Å². The van der Waals surface area contributed by atoms with Crippen LogP contribution in [-0.2, 0) is 0 Å². The standard InChI is InChI=1S/C27H29FN2O/c1-5-30-26-16-25(28)20(15-24(26)19(2)17-27(30,3)4)18-29-21-11-13-23(14-12-21)31-22-9-7-6-8-10-22/h6-16,18-19H,5,17H2,1-4H3. The predicted octanol–water partition coefficient (Wildman–Crippen LogP) is 7.48. The zero-order chi connectivity index (χ0) is 22.0. The second-order valence-electron chi connectivity index (χ2n) is 8.76. The molecule has 3 nitrogen and oxygen atoms in total. The highest BCUT2D eigenvalue weighted by Gasteiger charge is 2.36. The van der Waals surface area contributed by atoms with E-state index in [1.54, 1.807) is 12.3 Å². The molecule has 1 aliphatic heterocycles. The molecular formula is C27H29FN2O. The second-order valence-corrected chi connectivity index (χ2v) is 8.76. The van der Waals surface area contributed by atoms with Gasteiger partial charge in [-0.25, -0.2) is 4.39 Å². The highest BCUT2D eigenvalue weighted by molar-refractivity contribution is 5.84. The second kappa shape index (κ2) is 8.54. The van der Waals surface area contributed by atoms with E-state index in [2.05, 4.69) is 37.6 Å². The first-order valence-electron chi connectivity index (χ1n) is 10.9. The van der Waals surface area contributed by atoms with Gasteiger partial charge in [-0.3, -0.25) is 4.99 Å². The third-order valence-corrected chi connectivity index (χ3v) is 5.99. The molecule has 0 amide bonds. The fourth-order valence-electron chi connectivity index (χ4n) is 4.59. The van der Waals surface area contributed by atoms with E-state index in [1.165, 1.54) is 5.56 Å². The Morgan fingerprint density at radius 1 is 1.06 bits per heavy atom. The molecule has 0 saturated carbocycles. The van der Waals surface area contributed by atoms with E-state index in [0.29, 0.717) is 11.5 Å². The van der Waals surface area contributed by atoms with Crippen LogP contribution in [0.5, 0.6) is 11.5 Å². The molecule has 0 bridgehead atoms. The summed E-state index contributed by atoms with van der Waals surface area (Å²) >= 11 is 0. The van der Waals surface area contributed by atoms with Gasteiger partial charge in [0.1, 0.15) is 17.3 Å². The lowest BCUT2D eigenvalue weighted by Gasteiger charge is -2.47. The Bertz CT molecular complexity index is 1070. The lowest BCUT2D eigenvalue weighted by molar-refractivity contribution is 0.380. The molecule has 0 saturated heterocycles. The fraction of sp³-hybridized carbons (Fsp3) is 0.296. The summed E-state index contributed by atoms with van der Waals surface area (Å²) < 4.78 is 20.7. The average molecular weight is 417 g/mol. The summed E-state index contributed by atoms with van der Waals surface area (Å²) in [7, 11) is 0. The Morgan fingerprint density at radius 3 is 2.42 bits per heavy atom. The zero-order valence-electron chi connectivity index (χ0n) is 18.6. The van der Waals surface area contributed by atoms with Gasteiger partial charge < -0.3 is 9.64 Å². The van der Waals surface area contributed by atoms with Crippen LogP contribution in [0.15, 0.2) is 71.7 Å². The smallest absolute Gasteiger partial charge is 0.134 e. The van der Waals surface area contributed by atoms with Crippen molar-refractivity contribution in [3.05, 3.63) is 83.7 Å². The molecule has 0 fully saturated rings. The Morgan fingerprint density at radius 2 is 1.74 bits per heavy atom.